The molecule has 0 radical (unpaired) electrons. The van der Waals surface area contributed by atoms with Gasteiger partial charge in [0, 0.05) is 17.2 Å². The van der Waals surface area contributed by atoms with Gasteiger partial charge in [-0.1, -0.05) is 24.3 Å². The number of nitrogens with two attached hydrogens (primary N) is 1. The van der Waals surface area contributed by atoms with Gasteiger partial charge in [-0.15, -0.1) is 0 Å². The summed E-state index contributed by atoms with van der Waals surface area (Å²) in [6, 6.07) is 13.5. The number of rotatable bonds is 4. The van der Waals surface area contributed by atoms with Crippen LogP contribution in [0.2, 0.25) is 0 Å². The molecule has 31 heavy (non-hydrogen) atoms. The molecule has 8 nitrogen and oxygen atoms in total. The quantitative estimate of drug-likeness (QED) is 0.219. The SMILES string of the molecule is CCOC(=O)Oc1ccc(Oc2cc(O)c3c(c2N)C(=O)c2ccccc2C3=O)cc1. The Morgan fingerprint density at radius 3 is 2.13 bits per heavy atom. The van der Waals surface area contributed by atoms with Crippen LogP contribution >= 0.6 is 0 Å². The number of carbonyl (C=O) groups is 3. The molecule has 0 bridgehead atoms. The standard InChI is InChI=1S/C23H17NO7/c1-2-29-23(28)31-13-9-7-12(8-10-13)30-17-11-16(25)18-19(20(17)24)22(27)15-6-4-3-5-14(15)21(18)26/h3-11,25H,2,24H2,1H3. The molecule has 3 aromatic rings. The van der Waals surface area contributed by atoms with Crippen LogP contribution in [-0.2, 0) is 4.74 Å². The van der Waals surface area contributed by atoms with Crippen molar-refractivity contribution >= 4 is 23.4 Å². The van der Waals surface area contributed by atoms with Crippen LogP contribution in [-0.4, -0.2) is 29.4 Å². The molecule has 0 saturated carbocycles. The Labute approximate surface area is 176 Å². The maximum Gasteiger partial charge on any atom is 0.513 e. The smallest absolute Gasteiger partial charge is 0.507 e. The predicted molar refractivity (Wildman–Crippen MR) is 110 cm³/mol. The van der Waals surface area contributed by atoms with Crippen molar-refractivity contribution < 1.29 is 33.7 Å². The largest absolute Gasteiger partial charge is 0.513 e. The van der Waals surface area contributed by atoms with Crippen molar-refractivity contribution in [3.8, 4) is 23.0 Å². The molecule has 0 aromatic heterocycles. The van der Waals surface area contributed by atoms with Crippen molar-refractivity contribution in [2.24, 2.45) is 0 Å². The van der Waals surface area contributed by atoms with E-state index in [0.717, 1.165) is 0 Å². The lowest BCUT2D eigenvalue weighted by Crippen LogP contribution is -2.22. The van der Waals surface area contributed by atoms with Gasteiger partial charge >= 0.3 is 6.16 Å². The van der Waals surface area contributed by atoms with Gasteiger partial charge in [0.1, 0.15) is 17.2 Å². The molecule has 3 N–H and O–H groups in total. The Kier molecular flexibility index (Phi) is 5.04. The van der Waals surface area contributed by atoms with E-state index in [2.05, 4.69) is 0 Å². The molecular weight excluding hydrogens is 402 g/mol. The summed E-state index contributed by atoms with van der Waals surface area (Å²) >= 11 is 0. The van der Waals surface area contributed by atoms with Crippen LogP contribution in [0.1, 0.15) is 38.8 Å². The minimum Gasteiger partial charge on any atom is -0.507 e. The zero-order chi connectivity index (χ0) is 22.1. The van der Waals surface area contributed by atoms with E-state index < -0.39 is 23.5 Å². The number of anilines is 1. The van der Waals surface area contributed by atoms with E-state index in [0.29, 0.717) is 5.75 Å². The van der Waals surface area contributed by atoms with Crippen LogP contribution < -0.4 is 15.2 Å². The summed E-state index contributed by atoms with van der Waals surface area (Å²) in [5, 5.41) is 10.5. The van der Waals surface area contributed by atoms with E-state index in [1.165, 1.54) is 42.5 Å². The Morgan fingerprint density at radius 1 is 0.935 bits per heavy atom. The Morgan fingerprint density at radius 2 is 1.52 bits per heavy atom. The van der Waals surface area contributed by atoms with Crippen molar-refractivity contribution in [3.63, 3.8) is 0 Å². The first-order valence-electron chi connectivity index (χ1n) is 9.37. The fourth-order valence-electron chi connectivity index (χ4n) is 3.30. The Hall–Kier alpha value is -4.33. The Balaban J connectivity index is 1.66. The molecule has 0 aliphatic heterocycles. The molecule has 0 unspecified atom stereocenters. The number of fused-ring (bicyclic) bond motifs is 2. The summed E-state index contributed by atoms with van der Waals surface area (Å²) in [5.41, 5.74) is 6.28. The number of phenols is 1. The maximum atomic E-state index is 13.0. The molecule has 3 aromatic carbocycles. The number of hydrogen-bond acceptors (Lipinski definition) is 8. The molecule has 8 heteroatoms. The van der Waals surface area contributed by atoms with Gasteiger partial charge in [-0.2, -0.15) is 0 Å². The van der Waals surface area contributed by atoms with Crippen LogP contribution in [0.3, 0.4) is 0 Å². The van der Waals surface area contributed by atoms with E-state index in [-0.39, 0.29) is 46.0 Å². The monoisotopic (exact) mass is 419 g/mol. The Bertz CT molecular complexity index is 1220. The van der Waals surface area contributed by atoms with Crippen LogP contribution in [0, 0.1) is 0 Å². The highest BCUT2D eigenvalue weighted by molar-refractivity contribution is 6.31. The number of ether oxygens (including phenoxy) is 3. The first-order chi connectivity index (χ1) is 14.9. The van der Waals surface area contributed by atoms with Gasteiger partial charge in [-0.3, -0.25) is 9.59 Å². The third kappa shape index (κ3) is 3.55. The minimum absolute atomic E-state index is 0.0100. The fourth-order valence-corrected chi connectivity index (χ4v) is 3.30. The zero-order valence-corrected chi connectivity index (χ0v) is 16.4. The molecule has 0 atom stereocenters. The number of aromatic hydroxyl groups is 1. The highest BCUT2D eigenvalue weighted by Gasteiger charge is 2.35. The molecule has 156 valence electrons. The molecule has 0 amide bonds. The molecule has 0 saturated heterocycles. The van der Waals surface area contributed by atoms with Gasteiger partial charge in [-0.25, -0.2) is 4.79 Å². The van der Waals surface area contributed by atoms with E-state index in [4.69, 9.17) is 19.9 Å². The second kappa shape index (κ2) is 7.83. The predicted octanol–water partition coefficient (Wildman–Crippen LogP) is 4.08. The number of carbonyl (C=O) groups excluding carboxylic acids is 3. The average molecular weight is 419 g/mol. The van der Waals surface area contributed by atoms with Crippen molar-refractivity contribution in [2.45, 2.75) is 6.92 Å². The first-order valence-corrected chi connectivity index (χ1v) is 9.37. The van der Waals surface area contributed by atoms with Crippen molar-refractivity contribution in [1.29, 1.82) is 0 Å². The molecule has 1 aliphatic rings. The summed E-state index contributed by atoms with van der Waals surface area (Å²) in [7, 11) is 0. The minimum atomic E-state index is -0.830. The highest BCUT2D eigenvalue weighted by atomic mass is 16.7. The summed E-state index contributed by atoms with van der Waals surface area (Å²) in [4.78, 5) is 37.2. The molecular formula is C23H17NO7. The second-order valence-corrected chi connectivity index (χ2v) is 6.62. The summed E-state index contributed by atoms with van der Waals surface area (Å²) < 4.78 is 15.4. The fraction of sp³-hybridized carbons (Fsp3) is 0.0870. The van der Waals surface area contributed by atoms with Crippen LogP contribution in [0.4, 0.5) is 10.5 Å². The van der Waals surface area contributed by atoms with Crippen molar-refractivity contribution in [3.05, 3.63) is 76.9 Å². The average Bonchev–Trinajstić information content (AvgIpc) is 2.76. The van der Waals surface area contributed by atoms with E-state index in [9.17, 15) is 19.5 Å². The maximum absolute atomic E-state index is 13.0. The van der Waals surface area contributed by atoms with Gasteiger partial charge in [0.05, 0.1) is 23.4 Å². The third-order valence-corrected chi connectivity index (χ3v) is 4.69. The molecule has 4 rings (SSSR count). The zero-order valence-electron chi connectivity index (χ0n) is 16.4. The van der Waals surface area contributed by atoms with Gasteiger partial charge in [0.2, 0.25) is 0 Å². The van der Waals surface area contributed by atoms with Crippen molar-refractivity contribution in [2.75, 3.05) is 12.3 Å². The van der Waals surface area contributed by atoms with Crippen LogP contribution in [0.25, 0.3) is 0 Å². The second-order valence-electron chi connectivity index (χ2n) is 6.62. The highest BCUT2D eigenvalue weighted by Crippen LogP contribution is 2.42. The van der Waals surface area contributed by atoms with Crippen LogP contribution in [0.5, 0.6) is 23.0 Å². The number of hydrogen-bond donors (Lipinski definition) is 2. The number of ketones is 2. The lowest BCUT2D eigenvalue weighted by atomic mass is 9.82. The molecule has 0 fully saturated rings. The van der Waals surface area contributed by atoms with Crippen molar-refractivity contribution in [1.82, 2.24) is 0 Å². The molecule has 0 heterocycles. The lowest BCUT2D eigenvalue weighted by molar-refractivity contribution is 0.0977. The van der Waals surface area contributed by atoms with Gasteiger partial charge in [-0.05, 0) is 31.2 Å². The normalized spacial score (nSPS) is 12.0. The van der Waals surface area contributed by atoms with Gasteiger partial charge in [0.25, 0.3) is 0 Å². The van der Waals surface area contributed by atoms with Gasteiger partial charge in [0.15, 0.2) is 17.3 Å². The first kappa shape index (κ1) is 20.0. The number of benzene rings is 3. The van der Waals surface area contributed by atoms with E-state index in [1.54, 1.807) is 19.1 Å². The summed E-state index contributed by atoms with van der Waals surface area (Å²) in [6.45, 7) is 1.85. The third-order valence-electron chi connectivity index (χ3n) is 4.69. The number of phenolic OH excluding ortho intramolecular Hbond substituents is 1. The summed E-state index contributed by atoms with van der Waals surface area (Å²) in [5.74, 6) is -0.810. The molecule has 1 aliphatic carbocycles. The summed E-state index contributed by atoms with van der Waals surface area (Å²) in [6.07, 6.45) is -0.830. The topological polar surface area (TPSA) is 125 Å². The molecule has 0 spiro atoms. The van der Waals surface area contributed by atoms with Gasteiger partial charge < -0.3 is 25.1 Å². The van der Waals surface area contributed by atoms with E-state index >= 15 is 0 Å². The lowest BCUT2D eigenvalue weighted by Gasteiger charge is -2.21. The van der Waals surface area contributed by atoms with E-state index in [1.807, 2.05) is 0 Å². The number of nitrogen functional groups attached to an aromatic ring is 1. The van der Waals surface area contributed by atoms with Crippen LogP contribution in [0.15, 0.2) is 54.6 Å².